The first-order chi connectivity index (χ1) is 10.2. The number of thioether (sulfide) groups is 1. The molecule has 21 heavy (non-hydrogen) atoms. The highest BCUT2D eigenvalue weighted by molar-refractivity contribution is 7.98. The van der Waals surface area contributed by atoms with Crippen LogP contribution in [-0.2, 0) is 6.42 Å². The van der Waals surface area contributed by atoms with Crippen LogP contribution in [0.15, 0.2) is 47.5 Å². The van der Waals surface area contributed by atoms with Crippen molar-refractivity contribution < 1.29 is 4.74 Å². The fourth-order valence-electron chi connectivity index (χ4n) is 2.20. The molecule has 3 nitrogen and oxygen atoms in total. The molecule has 1 unspecified atom stereocenters. The third-order valence-electron chi connectivity index (χ3n) is 3.47. The van der Waals surface area contributed by atoms with Gasteiger partial charge in [-0.3, -0.25) is 4.98 Å². The molecule has 0 amide bonds. The van der Waals surface area contributed by atoms with Gasteiger partial charge in [0, 0.05) is 35.8 Å². The average Bonchev–Trinajstić information content (AvgIpc) is 2.55. The van der Waals surface area contributed by atoms with E-state index in [1.165, 1.54) is 10.5 Å². The van der Waals surface area contributed by atoms with E-state index in [0.29, 0.717) is 6.04 Å². The number of hydrogen-bond acceptors (Lipinski definition) is 4. The van der Waals surface area contributed by atoms with Crippen molar-refractivity contribution in [2.24, 2.45) is 0 Å². The van der Waals surface area contributed by atoms with Crippen molar-refractivity contribution in [3.63, 3.8) is 0 Å². The Morgan fingerprint density at radius 1 is 1.29 bits per heavy atom. The molecule has 1 heterocycles. The molecule has 0 radical (unpaired) electrons. The molecule has 4 heteroatoms. The molecule has 0 fully saturated rings. The highest BCUT2D eigenvalue weighted by Crippen LogP contribution is 2.30. The maximum absolute atomic E-state index is 5.44. The Labute approximate surface area is 131 Å². The van der Waals surface area contributed by atoms with E-state index in [1.54, 1.807) is 18.9 Å². The molecule has 0 aliphatic carbocycles. The SMILES string of the molecule is COc1cc(C(C)NCCc2ccccn2)ccc1SC. The summed E-state index contributed by atoms with van der Waals surface area (Å²) in [4.78, 5) is 5.50. The monoisotopic (exact) mass is 302 g/mol. The molecule has 1 N–H and O–H groups in total. The third kappa shape index (κ3) is 4.48. The number of benzene rings is 1. The lowest BCUT2D eigenvalue weighted by atomic mass is 10.1. The van der Waals surface area contributed by atoms with Gasteiger partial charge >= 0.3 is 0 Å². The smallest absolute Gasteiger partial charge is 0.132 e. The van der Waals surface area contributed by atoms with Gasteiger partial charge in [-0.25, -0.2) is 0 Å². The Morgan fingerprint density at radius 2 is 2.14 bits per heavy atom. The lowest BCUT2D eigenvalue weighted by molar-refractivity contribution is 0.403. The van der Waals surface area contributed by atoms with Crippen LogP contribution in [0.25, 0.3) is 0 Å². The Kier molecular flexibility index (Phi) is 6.08. The van der Waals surface area contributed by atoms with Crippen LogP contribution in [0.3, 0.4) is 0 Å². The van der Waals surface area contributed by atoms with E-state index in [1.807, 2.05) is 18.3 Å². The van der Waals surface area contributed by atoms with Gasteiger partial charge in [-0.1, -0.05) is 12.1 Å². The van der Waals surface area contributed by atoms with Crippen LogP contribution in [0.5, 0.6) is 5.75 Å². The maximum atomic E-state index is 5.44. The Morgan fingerprint density at radius 3 is 2.81 bits per heavy atom. The molecule has 1 aromatic carbocycles. The quantitative estimate of drug-likeness (QED) is 0.791. The first kappa shape index (κ1) is 15.9. The molecule has 2 rings (SSSR count). The van der Waals surface area contributed by atoms with E-state index in [0.717, 1.165) is 24.4 Å². The van der Waals surface area contributed by atoms with Crippen LogP contribution in [-0.4, -0.2) is 24.9 Å². The van der Waals surface area contributed by atoms with Gasteiger partial charge in [0.25, 0.3) is 0 Å². The average molecular weight is 302 g/mol. The van der Waals surface area contributed by atoms with Gasteiger partial charge in [-0.2, -0.15) is 0 Å². The van der Waals surface area contributed by atoms with Crippen LogP contribution >= 0.6 is 11.8 Å². The summed E-state index contributed by atoms with van der Waals surface area (Å²) in [5.74, 6) is 0.943. The summed E-state index contributed by atoms with van der Waals surface area (Å²) in [7, 11) is 1.72. The molecule has 2 aromatic rings. The maximum Gasteiger partial charge on any atom is 0.132 e. The fraction of sp³-hybridized carbons (Fsp3) is 0.353. The summed E-state index contributed by atoms with van der Waals surface area (Å²) in [5, 5.41) is 3.53. The van der Waals surface area contributed by atoms with E-state index in [4.69, 9.17) is 4.74 Å². The molecular weight excluding hydrogens is 280 g/mol. The second kappa shape index (κ2) is 8.05. The summed E-state index contributed by atoms with van der Waals surface area (Å²) in [6, 6.07) is 12.7. The van der Waals surface area contributed by atoms with Crippen molar-refractivity contribution in [3.8, 4) is 5.75 Å². The van der Waals surface area contributed by atoms with Crippen LogP contribution < -0.4 is 10.1 Å². The number of rotatable bonds is 7. The van der Waals surface area contributed by atoms with Gasteiger partial charge < -0.3 is 10.1 Å². The van der Waals surface area contributed by atoms with E-state index in [-0.39, 0.29) is 0 Å². The normalized spacial score (nSPS) is 12.1. The van der Waals surface area contributed by atoms with Crippen molar-refractivity contribution in [1.29, 1.82) is 0 Å². The van der Waals surface area contributed by atoms with E-state index in [2.05, 4.69) is 47.7 Å². The minimum Gasteiger partial charge on any atom is -0.496 e. The van der Waals surface area contributed by atoms with E-state index in [9.17, 15) is 0 Å². The lowest BCUT2D eigenvalue weighted by Gasteiger charge is -2.16. The van der Waals surface area contributed by atoms with E-state index < -0.39 is 0 Å². The first-order valence-electron chi connectivity index (χ1n) is 7.10. The minimum atomic E-state index is 0.290. The highest BCUT2D eigenvalue weighted by Gasteiger charge is 2.09. The number of nitrogens with zero attached hydrogens (tertiary/aromatic N) is 1. The van der Waals surface area contributed by atoms with Crippen molar-refractivity contribution in [2.45, 2.75) is 24.3 Å². The second-order valence-electron chi connectivity index (χ2n) is 4.86. The molecule has 0 bridgehead atoms. The topological polar surface area (TPSA) is 34.1 Å². The van der Waals surface area contributed by atoms with Crippen molar-refractivity contribution in [1.82, 2.24) is 10.3 Å². The second-order valence-corrected chi connectivity index (χ2v) is 5.71. The summed E-state index contributed by atoms with van der Waals surface area (Å²) in [6.45, 7) is 3.08. The van der Waals surface area contributed by atoms with Crippen molar-refractivity contribution >= 4 is 11.8 Å². The molecule has 1 atom stereocenters. The Bertz CT molecular complexity index is 560. The number of methoxy groups -OCH3 is 1. The fourth-order valence-corrected chi connectivity index (χ4v) is 2.75. The van der Waals surface area contributed by atoms with Gasteiger partial charge in [0.1, 0.15) is 5.75 Å². The van der Waals surface area contributed by atoms with Gasteiger partial charge in [-0.15, -0.1) is 11.8 Å². The van der Waals surface area contributed by atoms with Gasteiger partial charge in [0.05, 0.1) is 7.11 Å². The van der Waals surface area contributed by atoms with Crippen LogP contribution in [0.1, 0.15) is 24.2 Å². The molecule has 0 aliphatic heterocycles. The molecule has 0 aliphatic rings. The number of nitrogens with one attached hydrogen (secondary N) is 1. The summed E-state index contributed by atoms with van der Waals surface area (Å²) < 4.78 is 5.44. The standard InChI is InChI=1S/C17H22N2OS/c1-13(18-11-9-15-6-4-5-10-19-15)14-7-8-17(21-3)16(12-14)20-2/h4-8,10,12-13,18H,9,11H2,1-3H3. The van der Waals surface area contributed by atoms with Crippen molar-refractivity contribution in [2.75, 3.05) is 19.9 Å². The summed E-state index contributed by atoms with van der Waals surface area (Å²) in [5.41, 5.74) is 2.36. The Hall–Kier alpha value is -1.52. The molecular formula is C17H22N2OS. The number of ether oxygens (including phenoxy) is 1. The van der Waals surface area contributed by atoms with Crippen LogP contribution in [0, 0.1) is 0 Å². The van der Waals surface area contributed by atoms with Gasteiger partial charge in [-0.05, 0) is 43.0 Å². The van der Waals surface area contributed by atoms with Crippen LogP contribution in [0.4, 0.5) is 0 Å². The first-order valence-corrected chi connectivity index (χ1v) is 8.32. The third-order valence-corrected chi connectivity index (χ3v) is 4.24. The highest BCUT2D eigenvalue weighted by atomic mass is 32.2. The Balaban J connectivity index is 1.92. The minimum absolute atomic E-state index is 0.290. The molecule has 0 saturated heterocycles. The lowest BCUT2D eigenvalue weighted by Crippen LogP contribution is -2.21. The number of pyridine rings is 1. The summed E-state index contributed by atoms with van der Waals surface area (Å²) in [6.07, 6.45) is 4.84. The molecule has 112 valence electrons. The largest absolute Gasteiger partial charge is 0.496 e. The zero-order valence-corrected chi connectivity index (χ0v) is 13.6. The van der Waals surface area contributed by atoms with Gasteiger partial charge in [0.15, 0.2) is 0 Å². The number of hydrogen-bond donors (Lipinski definition) is 1. The summed E-state index contributed by atoms with van der Waals surface area (Å²) >= 11 is 1.70. The predicted molar refractivity (Wildman–Crippen MR) is 89.1 cm³/mol. The van der Waals surface area contributed by atoms with Gasteiger partial charge in [0.2, 0.25) is 0 Å². The van der Waals surface area contributed by atoms with Crippen molar-refractivity contribution in [3.05, 3.63) is 53.9 Å². The van der Waals surface area contributed by atoms with E-state index >= 15 is 0 Å². The zero-order valence-electron chi connectivity index (χ0n) is 12.8. The molecule has 0 saturated carbocycles. The zero-order chi connectivity index (χ0) is 15.1. The van der Waals surface area contributed by atoms with Crippen LogP contribution in [0.2, 0.25) is 0 Å². The predicted octanol–water partition coefficient (Wildman–Crippen LogP) is 3.71. The molecule has 1 aromatic heterocycles. The molecule has 0 spiro atoms. The number of aromatic nitrogens is 1.